The number of aromatic carboxylic acids is 1. The molecule has 2 unspecified atom stereocenters. The molecule has 0 radical (unpaired) electrons. The zero-order chi connectivity index (χ0) is 33.2. The maximum absolute atomic E-state index is 13.1. The molecule has 14 nitrogen and oxygen atoms in total. The first-order valence-electron chi connectivity index (χ1n) is 12.7. The van der Waals surface area contributed by atoms with E-state index >= 15 is 0 Å². The molecule has 0 aromatic heterocycles. The van der Waals surface area contributed by atoms with Gasteiger partial charge in [-0.15, -0.1) is 5.06 Å². The fraction of sp³-hybridized carbons (Fsp3) is 0.179. The largest absolute Gasteiger partial charge is 0.508 e. The van der Waals surface area contributed by atoms with Gasteiger partial charge in [-0.2, -0.15) is 13.2 Å². The van der Waals surface area contributed by atoms with Gasteiger partial charge in [0.15, 0.2) is 0 Å². The lowest BCUT2D eigenvalue weighted by molar-refractivity contribution is -0.235. The van der Waals surface area contributed by atoms with Gasteiger partial charge in [-0.3, -0.25) is 14.4 Å². The Bertz CT molecular complexity index is 1670. The molecule has 0 aliphatic carbocycles. The molecule has 0 bridgehead atoms. The van der Waals surface area contributed by atoms with E-state index in [2.05, 4.69) is 15.5 Å². The molecule has 7 N–H and O–H groups in total. The number of hydroxylamine groups is 2. The van der Waals surface area contributed by atoms with Gasteiger partial charge < -0.3 is 41.0 Å². The van der Waals surface area contributed by atoms with Gasteiger partial charge in [0.2, 0.25) is 5.78 Å². The van der Waals surface area contributed by atoms with Gasteiger partial charge in [-0.25, -0.2) is 9.59 Å². The van der Waals surface area contributed by atoms with Crippen LogP contribution < -0.4 is 10.6 Å². The summed E-state index contributed by atoms with van der Waals surface area (Å²) in [7, 11) is 0. The van der Waals surface area contributed by atoms with Crippen LogP contribution in [-0.4, -0.2) is 91.5 Å². The first-order valence-corrected chi connectivity index (χ1v) is 12.7. The molecule has 4 rings (SSSR count). The summed E-state index contributed by atoms with van der Waals surface area (Å²) in [4.78, 5) is 66.1. The third-order valence-corrected chi connectivity index (χ3v) is 6.58. The average Bonchev–Trinajstić information content (AvgIpc) is 3.31. The van der Waals surface area contributed by atoms with Gasteiger partial charge in [0, 0.05) is 11.1 Å². The minimum atomic E-state index is -5.35. The third kappa shape index (κ3) is 7.04. The van der Waals surface area contributed by atoms with Crippen LogP contribution in [0.15, 0.2) is 54.6 Å². The maximum Gasteiger partial charge on any atom is 0.492 e. The second kappa shape index (κ2) is 12.4. The van der Waals surface area contributed by atoms with Gasteiger partial charge in [0.05, 0.1) is 36.3 Å². The molecule has 2 amide bonds. The van der Waals surface area contributed by atoms with Crippen molar-refractivity contribution in [3.8, 4) is 23.0 Å². The summed E-state index contributed by atoms with van der Waals surface area (Å²) in [5.41, 5.74) is -2.68. The Labute approximate surface area is 249 Å². The first-order chi connectivity index (χ1) is 21.1. The van der Waals surface area contributed by atoms with E-state index in [-0.39, 0.29) is 11.3 Å². The Morgan fingerprint density at radius 2 is 1.29 bits per heavy atom. The van der Waals surface area contributed by atoms with E-state index in [0.717, 1.165) is 30.3 Å². The Balaban J connectivity index is 1.58. The number of phenolic OH excluding ortho intramolecular Hbond substituents is 4. The van der Waals surface area contributed by atoms with Gasteiger partial charge in [0.25, 0.3) is 11.8 Å². The van der Waals surface area contributed by atoms with E-state index in [0.29, 0.717) is 5.06 Å². The second-order valence-corrected chi connectivity index (χ2v) is 9.65. The molecule has 2 atom stereocenters. The molecule has 1 aliphatic rings. The number of halogens is 3. The number of carboxylic acids is 1. The molecule has 1 saturated heterocycles. The van der Waals surface area contributed by atoms with Crippen molar-refractivity contribution in [2.45, 2.75) is 18.3 Å². The van der Waals surface area contributed by atoms with Crippen molar-refractivity contribution in [3.05, 3.63) is 82.4 Å². The highest BCUT2D eigenvalue weighted by atomic mass is 19.4. The van der Waals surface area contributed by atoms with E-state index in [1.54, 1.807) is 0 Å². The van der Waals surface area contributed by atoms with Crippen molar-refractivity contribution in [3.63, 3.8) is 0 Å². The Hall–Kier alpha value is -5.84. The highest BCUT2D eigenvalue weighted by molar-refractivity contribution is 6.18. The van der Waals surface area contributed by atoms with Crippen LogP contribution in [0.3, 0.4) is 0 Å². The summed E-state index contributed by atoms with van der Waals surface area (Å²) < 4.78 is 38.3. The lowest BCUT2D eigenvalue weighted by atomic mass is 9.95. The number of ketones is 1. The predicted molar refractivity (Wildman–Crippen MR) is 143 cm³/mol. The number of carbonyl (C=O) groups is 5. The Morgan fingerprint density at radius 3 is 1.80 bits per heavy atom. The molecule has 0 spiro atoms. The summed E-state index contributed by atoms with van der Waals surface area (Å²) >= 11 is 0. The minimum absolute atomic E-state index is 0.0363. The normalized spacial score (nSPS) is 16.5. The third-order valence-electron chi connectivity index (χ3n) is 6.58. The lowest BCUT2D eigenvalue weighted by Crippen LogP contribution is -2.51. The van der Waals surface area contributed by atoms with Crippen molar-refractivity contribution in [2.24, 2.45) is 0 Å². The fourth-order valence-electron chi connectivity index (χ4n) is 4.48. The van der Waals surface area contributed by atoms with E-state index in [1.165, 1.54) is 24.3 Å². The molecular formula is C28H22F3N3O11. The number of phenols is 4. The molecule has 17 heteroatoms. The monoisotopic (exact) mass is 633 g/mol. The van der Waals surface area contributed by atoms with Crippen molar-refractivity contribution in [2.75, 3.05) is 13.1 Å². The number of hydrogen-bond donors (Lipinski definition) is 7. The van der Waals surface area contributed by atoms with Crippen LogP contribution in [0.1, 0.15) is 47.0 Å². The molecular weight excluding hydrogens is 611 g/mol. The minimum Gasteiger partial charge on any atom is -0.508 e. The van der Waals surface area contributed by atoms with E-state index in [1.807, 2.05) is 0 Å². The standard InChI is InChI=1S/C28H22F3N3O11/c29-28(30,31)27(44)45-34-10-16(32-24(40)12-4-6-14(35)7-5-12)17(11-34)33-25(41)13-8-19(37)22(20(38)9-13)23(39)21-15(26(42)43)2-1-3-18(21)36/h1-9,16-17,35-38H,10-11H2,(H,32,40)(H,33,41)(H,42,43). The highest BCUT2D eigenvalue weighted by Gasteiger charge is 2.45. The number of benzene rings is 3. The number of carbonyl (C=O) groups excluding carboxylic acids is 4. The summed E-state index contributed by atoms with van der Waals surface area (Å²) in [6, 6.07) is 7.13. The molecule has 3 aromatic carbocycles. The average molecular weight is 633 g/mol. The molecule has 1 aliphatic heterocycles. The summed E-state index contributed by atoms with van der Waals surface area (Å²) in [5, 5.41) is 55.4. The molecule has 236 valence electrons. The number of nitrogens with one attached hydrogen (secondary N) is 2. The highest BCUT2D eigenvalue weighted by Crippen LogP contribution is 2.34. The van der Waals surface area contributed by atoms with Crippen LogP contribution in [0.5, 0.6) is 23.0 Å². The number of rotatable bonds is 8. The van der Waals surface area contributed by atoms with Gasteiger partial charge >= 0.3 is 18.1 Å². The summed E-state index contributed by atoms with van der Waals surface area (Å²) in [5.74, 6) is -10.2. The zero-order valence-electron chi connectivity index (χ0n) is 22.5. The second-order valence-electron chi connectivity index (χ2n) is 9.65. The van der Waals surface area contributed by atoms with E-state index in [4.69, 9.17) is 0 Å². The van der Waals surface area contributed by atoms with Crippen molar-refractivity contribution >= 4 is 29.5 Å². The Kier molecular flexibility index (Phi) is 8.85. The van der Waals surface area contributed by atoms with E-state index in [9.17, 15) is 62.7 Å². The SMILES string of the molecule is O=C(NC1CN(OC(=O)C(F)(F)F)CC1NC(=O)c1cc(O)c(C(=O)c2c(O)cccc2C(=O)O)c(O)c1)c1ccc(O)cc1. The van der Waals surface area contributed by atoms with Crippen molar-refractivity contribution < 1.29 is 67.5 Å². The quantitative estimate of drug-likeness (QED) is 0.176. The van der Waals surface area contributed by atoms with Crippen LogP contribution in [0, 0.1) is 0 Å². The number of amides is 2. The first kappa shape index (κ1) is 32.1. The lowest BCUT2D eigenvalue weighted by Gasteiger charge is -2.21. The van der Waals surface area contributed by atoms with Crippen LogP contribution in [-0.2, 0) is 9.63 Å². The zero-order valence-corrected chi connectivity index (χ0v) is 22.5. The molecule has 0 saturated carbocycles. The van der Waals surface area contributed by atoms with Crippen LogP contribution in [0.2, 0.25) is 0 Å². The predicted octanol–water partition coefficient (Wildman–Crippen LogP) is 1.67. The maximum atomic E-state index is 13.1. The van der Waals surface area contributed by atoms with Crippen molar-refractivity contribution in [1.82, 2.24) is 15.7 Å². The van der Waals surface area contributed by atoms with Crippen molar-refractivity contribution in [1.29, 1.82) is 0 Å². The van der Waals surface area contributed by atoms with Gasteiger partial charge in [-0.05, 0) is 48.5 Å². The van der Waals surface area contributed by atoms with Crippen LogP contribution in [0.25, 0.3) is 0 Å². The van der Waals surface area contributed by atoms with E-state index < -0.39 is 100 Å². The molecule has 1 heterocycles. The molecule has 1 fully saturated rings. The fourth-order valence-corrected chi connectivity index (χ4v) is 4.48. The smallest absolute Gasteiger partial charge is 0.492 e. The topological polar surface area (TPSA) is 223 Å². The number of hydrogen-bond acceptors (Lipinski definition) is 11. The van der Waals surface area contributed by atoms with Crippen LogP contribution in [0.4, 0.5) is 13.2 Å². The van der Waals surface area contributed by atoms with Gasteiger partial charge in [-0.1, -0.05) is 6.07 Å². The number of nitrogens with zero attached hydrogens (tertiary/aromatic N) is 1. The number of aromatic hydroxyl groups is 4. The summed E-state index contributed by atoms with van der Waals surface area (Å²) in [6.45, 7) is -1.05. The summed E-state index contributed by atoms with van der Waals surface area (Å²) in [6.07, 6.45) is -5.35. The molecule has 3 aromatic rings. The van der Waals surface area contributed by atoms with Crippen LogP contribution >= 0.6 is 0 Å². The molecule has 45 heavy (non-hydrogen) atoms. The number of carboxylic acid groups (broad SMARTS) is 1. The van der Waals surface area contributed by atoms with Gasteiger partial charge in [0.1, 0.15) is 28.6 Å². The Morgan fingerprint density at radius 1 is 0.756 bits per heavy atom. The number of alkyl halides is 3.